The Morgan fingerprint density at radius 3 is 2.35 bits per heavy atom. The van der Waals surface area contributed by atoms with Crippen molar-refractivity contribution in [2.45, 2.75) is 19.8 Å². The van der Waals surface area contributed by atoms with E-state index >= 15 is 0 Å². The highest BCUT2D eigenvalue weighted by atomic mass is 35.5. The van der Waals surface area contributed by atoms with Gasteiger partial charge in [0.05, 0.1) is 19.4 Å². The van der Waals surface area contributed by atoms with E-state index in [0.717, 1.165) is 16.7 Å². The van der Waals surface area contributed by atoms with Crippen molar-refractivity contribution in [2.24, 2.45) is 0 Å². The molecule has 0 fully saturated rings. The summed E-state index contributed by atoms with van der Waals surface area (Å²) in [6, 6.07) is 5.57. The van der Waals surface area contributed by atoms with Crippen LogP contribution in [0, 0.1) is 6.92 Å². The Bertz CT molecular complexity index is 390. The van der Waals surface area contributed by atoms with Gasteiger partial charge in [-0.2, -0.15) is 0 Å². The fourth-order valence-electron chi connectivity index (χ4n) is 1.61. The molecule has 0 aliphatic rings. The number of carbonyl (C=O) groups excluding carboxylic acids is 2. The monoisotopic (exact) mass is 254 g/mol. The third-order valence-corrected chi connectivity index (χ3v) is 2.96. The lowest BCUT2D eigenvalue weighted by molar-refractivity contribution is -0.139. The molecule has 1 aromatic carbocycles. The highest BCUT2D eigenvalue weighted by Crippen LogP contribution is 2.16. The Morgan fingerprint density at radius 2 is 1.82 bits per heavy atom. The number of ketones is 1. The predicted molar refractivity (Wildman–Crippen MR) is 66.3 cm³/mol. The Morgan fingerprint density at radius 1 is 1.24 bits per heavy atom. The summed E-state index contributed by atoms with van der Waals surface area (Å²) >= 11 is 5.48. The minimum absolute atomic E-state index is 0.0146. The van der Waals surface area contributed by atoms with Crippen LogP contribution >= 0.6 is 11.6 Å². The Hall–Kier alpha value is -1.35. The van der Waals surface area contributed by atoms with Gasteiger partial charge in [0.25, 0.3) is 0 Å². The van der Waals surface area contributed by atoms with Crippen LogP contribution in [0.2, 0.25) is 0 Å². The van der Waals surface area contributed by atoms with Gasteiger partial charge in [-0.1, -0.05) is 18.2 Å². The Labute approximate surface area is 106 Å². The van der Waals surface area contributed by atoms with E-state index in [1.54, 1.807) is 0 Å². The molecule has 0 unspecified atom stereocenters. The van der Waals surface area contributed by atoms with Gasteiger partial charge >= 0.3 is 5.97 Å². The molecule has 0 radical (unpaired) electrons. The second-order valence-electron chi connectivity index (χ2n) is 3.80. The number of hydrogen-bond acceptors (Lipinski definition) is 3. The van der Waals surface area contributed by atoms with Crippen molar-refractivity contribution < 1.29 is 14.3 Å². The standard InChI is InChI=1S/C13H15ClO3/c1-9-10(6-12(15)8-14)4-3-5-11(9)7-13(16)17-2/h3-5H,6-8H2,1-2H3. The molecule has 0 aliphatic carbocycles. The molecule has 3 nitrogen and oxygen atoms in total. The number of ether oxygens (including phenoxy) is 1. The molecule has 0 atom stereocenters. The van der Waals surface area contributed by atoms with Gasteiger partial charge in [0, 0.05) is 6.42 Å². The lowest BCUT2D eigenvalue weighted by Crippen LogP contribution is -2.09. The Balaban J connectivity index is 2.91. The van der Waals surface area contributed by atoms with Crippen molar-refractivity contribution in [3.8, 4) is 0 Å². The van der Waals surface area contributed by atoms with Crippen molar-refractivity contribution in [3.05, 3.63) is 34.9 Å². The normalized spacial score (nSPS) is 10.1. The van der Waals surface area contributed by atoms with Gasteiger partial charge in [0.2, 0.25) is 0 Å². The fourth-order valence-corrected chi connectivity index (χ4v) is 1.70. The number of alkyl halides is 1. The first kappa shape index (κ1) is 13.7. The molecule has 1 aromatic rings. The summed E-state index contributed by atoms with van der Waals surface area (Å²) in [5, 5.41) is 0. The van der Waals surface area contributed by atoms with Gasteiger partial charge in [-0.3, -0.25) is 9.59 Å². The lowest BCUT2D eigenvalue weighted by atomic mass is 9.97. The number of Topliss-reactive ketones (excluding diaryl/α,β-unsaturated/α-hetero) is 1. The van der Waals surface area contributed by atoms with E-state index in [9.17, 15) is 9.59 Å². The third kappa shape index (κ3) is 3.86. The summed E-state index contributed by atoms with van der Waals surface area (Å²) in [4.78, 5) is 22.5. The van der Waals surface area contributed by atoms with Crippen LogP contribution in [0.15, 0.2) is 18.2 Å². The molecular weight excluding hydrogens is 240 g/mol. The van der Waals surface area contributed by atoms with Crippen molar-refractivity contribution >= 4 is 23.4 Å². The first-order valence-corrected chi connectivity index (χ1v) is 5.83. The van der Waals surface area contributed by atoms with Crippen molar-refractivity contribution in [2.75, 3.05) is 13.0 Å². The minimum atomic E-state index is -0.283. The summed E-state index contributed by atoms with van der Waals surface area (Å²) in [5.41, 5.74) is 2.75. The zero-order chi connectivity index (χ0) is 12.8. The van der Waals surface area contributed by atoms with E-state index in [-0.39, 0.29) is 24.1 Å². The summed E-state index contributed by atoms with van der Waals surface area (Å²) in [7, 11) is 1.36. The minimum Gasteiger partial charge on any atom is -0.469 e. The maximum Gasteiger partial charge on any atom is 0.309 e. The van der Waals surface area contributed by atoms with Crippen molar-refractivity contribution in [3.63, 3.8) is 0 Å². The van der Waals surface area contributed by atoms with E-state index < -0.39 is 0 Å². The van der Waals surface area contributed by atoms with E-state index in [1.165, 1.54) is 7.11 Å². The third-order valence-electron chi connectivity index (χ3n) is 2.66. The number of hydrogen-bond donors (Lipinski definition) is 0. The summed E-state index contributed by atoms with van der Waals surface area (Å²) in [6.07, 6.45) is 0.537. The maximum atomic E-state index is 11.3. The molecule has 0 amide bonds. The molecule has 0 aliphatic heterocycles. The zero-order valence-corrected chi connectivity index (χ0v) is 10.7. The average Bonchev–Trinajstić information content (AvgIpc) is 2.33. The van der Waals surface area contributed by atoms with Gasteiger partial charge < -0.3 is 4.74 Å². The number of benzene rings is 1. The molecule has 0 saturated carbocycles. The number of rotatable bonds is 5. The van der Waals surface area contributed by atoms with E-state index in [1.807, 2.05) is 25.1 Å². The highest BCUT2D eigenvalue weighted by molar-refractivity contribution is 6.27. The molecule has 92 valence electrons. The molecule has 0 aromatic heterocycles. The predicted octanol–water partition coefficient (Wildman–Crippen LogP) is 2.06. The van der Waals surface area contributed by atoms with Gasteiger partial charge in [-0.15, -0.1) is 11.6 Å². The van der Waals surface area contributed by atoms with Crippen LogP contribution < -0.4 is 0 Å². The average molecular weight is 255 g/mol. The maximum absolute atomic E-state index is 11.3. The topological polar surface area (TPSA) is 43.4 Å². The van der Waals surface area contributed by atoms with Gasteiger partial charge in [-0.05, 0) is 23.6 Å². The molecule has 0 bridgehead atoms. The number of esters is 1. The van der Waals surface area contributed by atoms with Crippen LogP contribution in [0.5, 0.6) is 0 Å². The molecular formula is C13H15ClO3. The second kappa shape index (κ2) is 6.40. The van der Waals surface area contributed by atoms with Gasteiger partial charge in [0.15, 0.2) is 5.78 Å². The van der Waals surface area contributed by atoms with Crippen LogP contribution in [0.1, 0.15) is 16.7 Å². The Kier molecular flexibility index (Phi) is 5.16. The molecule has 0 N–H and O–H groups in total. The molecule has 4 heteroatoms. The quantitative estimate of drug-likeness (QED) is 0.597. The zero-order valence-electron chi connectivity index (χ0n) is 9.96. The van der Waals surface area contributed by atoms with Crippen LogP contribution in [-0.4, -0.2) is 24.7 Å². The summed E-state index contributed by atoms with van der Waals surface area (Å²) < 4.78 is 4.62. The molecule has 0 saturated heterocycles. The van der Waals surface area contributed by atoms with Gasteiger partial charge in [-0.25, -0.2) is 0 Å². The first-order chi connectivity index (χ1) is 8.08. The first-order valence-electron chi connectivity index (χ1n) is 5.30. The van der Waals surface area contributed by atoms with Crippen LogP contribution in [-0.2, 0) is 27.2 Å². The smallest absolute Gasteiger partial charge is 0.309 e. The largest absolute Gasteiger partial charge is 0.469 e. The van der Waals surface area contributed by atoms with E-state index in [4.69, 9.17) is 11.6 Å². The second-order valence-corrected chi connectivity index (χ2v) is 4.07. The number of methoxy groups -OCH3 is 1. The molecule has 17 heavy (non-hydrogen) atoms. The van der Waals surface area contributed by atoms with E-state index in [0.29, 0.717) is 6.42 Å². The molecule has 1 rings (SSSR count). The van der Waals surface area contributed by atoms with Crippen LogP contribution in [0.4, 0.5) is 0 Å². The van der Waals surface area contributed by atoms with Gasteiger partial charge in [0.1, 0.15) is 0 Å². The van der Waals surface area contributed by atoms with Crippen LogP contribution in [0.3, 0.4) is 0 Å². The van der Waals surface area contributed by atoms with Crippen LogP contribution in [0.25, 0.3) is 0 Å². The summed E-state index contributed by atoms with van der Waals surface area (Å²) in [5.74, 6) is -0.292. The number of halogens is 1. The SMILES string of the molecule is COC(=O)Cc1cccc(CC(=O)CCl)c1C. The van der Waals surface area contributed by atoms with Crippen molar-refractivity contribution in [1.82, 2.24) is 0 Å². The lowest BCUT2D eigenvalue weighted by Gasteiger charge is -2.09. The molecule has 0 heterocycles. The molecule has 0 spiro atoms. The fraction of sp³-hybridized carbons (Fsp3) is 0.385. The van der Waals surface area contributed by atoms with Crippen molar-refractivity contribution in [1.29, 1.82) is 0 Å². The van der Waals surface area contributed by atoms with E-state index in [2.05, 4.69) is 4.74 Å². The summed E-state index contributed by atoms with van der Waals surface area (Å²) in [6.45, 7) is 1.90. The number of carbonyl (C=O) groups is 2. The highest BCUT2D eigenvalue weighted by Gasteiger charge is 2.10.